The monoisotopic (exact) mass is 430 g/mol. The molecule has 0 bridgehead atoms. The molecule has 2 saturated heterocycles. The highest BCUT2D eigenvalue weighted by Gasteiger charge is 2.54. The second-order valence-electron chi connectivity index (χ2n) is 7.18. The van der Waals surface area contributed by atoms with Crippen LogP contribution < -0.4 is 5.32 Å². The number of fused-ring (bicyclic) bond motifs is 2. The van der Waals surface area contributed by atoms with Crippen LogP contribution in [0.5, 0.6) is 0 Å². The van der Waals surface area contributed by atoms with Crippen LogP contribution in [0.4, 0.5) is 0 Å². The Kier molecular flexibility index (Phi) is 8.63. The molecule has 0 aromatic carbocycles. The van der Waals surface area contributed by atoms with Crippen LogP contribution in [0.1, 0.15) is 39.0 Å². The zero-order chi connectivity index (χ0) is 20.8. The summed E-state index contributed by atoms with van der Waals surface area (Å²) < 4.78 is 39.5. The number of nitrogens with one attached hydrogen (secondary N) is 1. The smallest absolute Gasteiger partial charge is 0.243 e. The van der Waals surface area contributed by atoms with E-state index in [2.05, 4.69) is 24.5 Å². The van der Waals surface area contributed by atoms with Crippen LogP contribution >= 0.6 is 12.6 Å². The fraction of sp³-hybridized carbons (Fsp3) is 0.700. The first kappa shape index (κ1) is 23.5. The van der Waals surface area contributed by atoms with Gasteiger partial charge in [0, 0.05) is 31.5 Å². The van der Waals surface area contributed by atoms with Gasteiger partial charge < -0.3 is 9.47 Å². The lowest BCUT2D eigenvalue weighted by Gasteiger charge is -2.51. The molecule has 3 atom stereocenters. The molecule has 0 aromatic rings. The molecule has 160 valence electrons. The Bertz CT molecular complexity index is 697. The molecule has 3 aliphatic rings. The number of rotatable bonds is 5. The number of piperidine rings is 1. The van der Waals surface area contributed by atoms with Crippen LogP contribution in [0, 0.1) is 5.92 Å². The number of methoxy groups -OCH3 is 1. The SMILES string of the molecule is C=C(/C=C\C(=C/C)S(=O)(=O)N1CCC2(NCCO2)C2CCCCC21)OC.CS. The zero-order valence-electron chi connectivity index (χ0n) is 17.2. The Balaban J connectivity index is 0.00000136. The van der Waals surface area contributed by atoms with Gasteiger partial charge in [0.25, 0.3) is 0 Å². The second kappa shape index (κ2) is 10.3. The topological polar surface area (TPSA) is 67.9 Å². The minimum absolute atomic E-state index is 0.0120. The van der Waals surface area contributed by atoms with Crippen LogP contribution in [-0.2, 0) is 19.5 Å². The predicted molar refractivity (Wildman–Crippen MR) is 117 cm³/mol. The molecular weight excluding hydrogens is 396 g/mol. The molecule has 0 radical (unpaired) electrons. The van der Waals surface area contributed by atoms with Crippen molar-refractivity contribution in [2.45, 2.75) is 50.8 Å². The molecule has 8 heteroatoms. The average molecular weight is 431 g/mol. The van der Waals surface area contributed by atoms with Crippen molar-refractivity contribution in [3.63, 3.8) is 0 Å². The molecule has 3 unspecified atom stereocenters. The lowest BCUT2D eigenvalue weighted by atomic mass is 9.74. The van der Waals surface area contributed by atoms with Crippen molar-refractivity contribution in [3.8, 4) is 0 Å². The Morgan fingerprint density at radius 3 is 2.64 bits per heavy atom. The van der Waals surface area contributed by atoms with Crippen LogP contribution in [0.2, 0.25) is 0 Å². The van der Waals surface area contributed by atoms with Gasteiger partial charge in [-0.2, -0.15) is 16.9 Å². The van der Waals surface area contributed by atoms with Gasteiger partial charge in [-0.25, -0.2) is 8.42 Å². The van der Waals surface area contributed by atoms with E-state index < -0.39 is 10.0 Å². The number of hydrogen-bond acceptors (Lipinski definition) is 6. The van der Waals surface area contributed by atoms with Gasteiger partial charge in [-0.05, 0) is 38.2 Å². The van der Waals surface area contributed by atoms with E-state index in [4.69, 9.17) is 9.47 Å². The van der Waals surface area contributed by atoms with Gasteiger partial charge in [0.2, 0.25) is 10.0 Å². The van der Waals surface area contributed by atoms with Crippen molar-refractivity contribution < 1.29 is 17.9 Å². The maximum Gasteiger partial charge on any atom is 0.243 e. The number of hydrogen-bond donors (Lipinski definition) is 2. The lowest BCUT2D eigenvalue weighted by molar-refractivity contribution is -0.119. The van der Waals surface area contributed by atoms with E-state index in [0.29, 0.717) is 25.3 Å². The molecule has 0 aromatic heterocycles. The Labute approximate surface area is 175 Å². The average Bonchev–Trinajstić information content (AvgIpc) is 3.19. The first-order chi connectivity index (χ1) is 13.4. The zero-order valence-corrected chi connectivity index (χ0v) is 18.9. The van der Waals surface area contributed by atoms with Gasteiger partial charge in [-0.15, -0.1) is 0 Å². The Hall–Kier alpha value is -0.800. The highest BCUT2D eigenvalue weighted by molar-refractivity contribution is 7.93. The van der Waals surface area contributed by atoms with Gasteiger partial charge in [-0.3, -0.25) is 5.32 Å². The summed E-state index contributed by atoms with van der Waals surface area (Å²) in [6.07, 6.45) is 11.3. The van der Waals surface area contributed by atoms with E-state index in [1.807, 2.05) is 0 Å². The number of sulfonamides is 1. The predicted octanol–water partition coefficient (Wildman–Crippen LogP) is 3.06. The van der Waals surface area contributed by atoms with Crippen molar-refractivity contribution in [3.05, 3.63) is 35.5 Å². The summed E-state index contributed by atoms with van der Waals surface area (Å²) in [5.74, 6) is 0.634. The first-order valence-corrected chi connectivity index (χ1v) is 12.2. The highest BCUT2D eigenvalue weighted by Crippen LogP contribution is 2.45. The molecule has 3 rings (SSSR count). The van der Waals surface area contributed by atoms with Crippen molar-refractivity contribution >= 4 is 22.7 Å². The molecule has 2 aliphatic heterocycles. The Morgan fingerprint density at radius 1 is 1.32 bits per heavy atom. The van der Waals surface area contributed by atoms with Gasteiger partial charge >= 0.3 is 0 Å². The molecule has 0 amide bonds. The standard InChI is InChI=1S/C19H30N2O4S.CH4S/c1-4-16(10-9-15(2)24-3)26(22,23)21-13-11-19(20-12-14-25-19)17-7-5-6-8-18(17)21;1-2/h4,9-10,17-18,20H,2,5-8,11-14H2,1,3H3;2H,1H3/b10-9-,16-4+;. The molecule has 28 heavy (non-hydrogen) atoms. The largest absolute Gasteiger partial charge is 0.497 e. The second-order valence-corrected chi connectivity index (χ2v) is 9.07. The summed E-state index contributed by atoms with van der Waals surface area (Å²) in [5.41, 5.74) is -0.340. The molecule has 1 N–H and O–H groups in total. The molecule has 2 heterocycles. The number of allylic oxidation sites excluding steroid dienone is 3. The van der Waals surface area contributed by atoms with Crippen LogP contribution in [0.3, 0.4) is 0 Å². The minimum Gasteiger partial charge on any atom is -0.497 e. The van der Waals surface area contributed by atoms with Gasteiger partial charge in [0.05, 0.1) is 18.6 Å². The molecule has 1 aliphatic carbocycles. The fourth-order valence-electron chi connectivity index (χ4n) is 4.58. The van der Waals surface area contributed by atoms with Gasteiger partial charge in [0.1, 0.15) is 11.5 Å². The van der Waals surface area contributed by atoms with Crippen LogP contribution in [-0.4, -0.2) is 57.6 Å². The third kappa shape index (κ3) is 4.67. The molecule has 1 spiro atoms. The summed E-state index contributed by atoms with van der Waals surface area (Å²) in [4.78, 5) is 0.288. The van der Waals surface area contributed by atoms with Crippen LogP contribution in [0.25, 0.3) is 0 Å². The Morgan fingerprint density at radius 2 is 2.04 bits per heavy atom. The van der Waals surface area contributed by atoms with Gasteiger partial charge in [0.15, 0.2) is 0 Å². The molecular formula is C20H34N2O4S2. The summed E-state index contributed by atoms with van der Waals surface area (Å²) >= 11 is 3.53. The quantitative estimate of drug-likeness (QED) is 0.399. The third-order valence-electron chi connectivity index (χ3n) is 5.87. The van der Waals surface area contributed by atoms with Crippen LogP contribution in [0.15, 0.2) is 35.5 Å². The summed E-state index contributed by atoms with van der Waals surface area (Å²) in [5, 5.41) is 3.53. The molecule has 1 saturated carbocycles. The van der Waals surface area contributed by atoms with Crippen molar-refractivity contribution in [2.24, 2.45) is 5.92 Å². The summed E-state index contributed by atoms with van der Waals surface area (Å²) in [7, 11) is -2.05. The van der Waals surface area contributed by atoms with E-state index in [1.165, 1.54) is 7.11 Å². The lowest BCUT2D eigenvalue weighted by Crippen LogP contribution is -2.64. The van der Waals surface area contributed by atoms with E-state index >= 15 is 0 Å². The van der Waals surface area contributed by atoms with Gasteiger partial charge in [-0.1, -0.05) is 25.5 Å². The van der Waals surface area contributed by atoms with Crippen molar-refractivity contribution in [1.29, 1.82) is 0 Å². The first-order valence-electron chi connectivity index (χ1n) is 9.87. The van der Waals surface area contributed by atoms with E-state index in [9.17, 15) is 8.42 Å². The maximum absolute atomic E-state index is 13.4. The normalized spacial score (nSPS) is 31.4. The minimum atomic E-state index is -3.57. The molecule has 3 fully saturated rings. The van der Waals surface area contributed by atoms with E-state index in [-0.39, 0.29) is 22.6 Å². The fourth-order valence-corrected chi connectivity index (χ4v) is 6.33. The third-order valence-corrected chi connectivity index (χ3v) is 7.91. The summed E-state index contributed by atoms with van der Waals surface area (Å²) in [6, 6.07) is -0.0120. The molecule has 6 nitrogen and oxygen atoms in total. The number of nitrogens with zero attached hydrogens (tertiary/aromatic N) is 1. The van der Waals surface area contributed by atoms with Crippen molar-refractivity contribution in [1.82, 2.24) is 9.62 Å². The summed E-state index contributed by atoms with van der Waals surface area (Å²) in [6.45, 7) is 7.50. The number of thiol groups is 1. The van der Waals surface area contributed by atoms with E-state index in [1.54, 1.807) is 35.7 Å². The highest BCUT2D eigenvalue weighted by atomic mass is 32.2. The number of ether oxygens (including phenoxy) is 2. The maximum atomic E-state index is 13.4. The van der Waals surface area contributed by atoms with Crippen molar-refractivity contribution in [2.75, 3.05) is 33.1 Å². The van der Waals surface area contributed by atoms with E-state index in [0.717, 1.165) is 32.2 Å².